The molecule has 1 saturated carbocycles. The van der Waals surface area contributed by atoms with Gasteiger partial charge in [0.1, 0.15) is 0 Å². The van der Waals surface area contributed by atoms with Crippen molar-refractivity contribution in [2.24, 2.45) is 5.92 Å². The first-order chi connectivity index (χ1) is 9.21. The maximum atomic E-state index is 10.2. The summed E-state index contributed by atoms with van der Waals surface area (Å²) >= 11 is 0. The van der Waals surface area contributed by atoms with Gasteiger partial charge in [-0.3, -0.25) is 0 Å². The van der Waals surface area contributed by atoms with Gasteiger partial charge in [0.05, 0.1) is 6.10 Å². The van der Waals surface area contributed by atoms with Gasteiger partial charge in [-0.05, 0) is 62.7 Å². The quantitative estimate of drug-likeness (QED) is 0.771. The molecule has 2 heteroatoms. The summed E-state index contributed by atoms with van der Waals surface area (Å²) in [6.45, 7) is 1.18. The second-order valence-corrected chi connectivity index (χ2v) is 6.86. The van der Waals surface area contributed by atoms with Crippen LogP contribution in [0.3, 0.4) is 0 Å². The second kappa shape index (κ2) is 4.07. The van der Waals surface area contributed by atoms with Gasteiger partial charge < -0.3 is 10.0 Å². The highest BCUT2D eigenvalue weighted by Gasteiger charge is 2.54. The molecule has 0 spiro atoms. The van der Waals surface area contributed by atoms with E-state index in [1.807, 2.05) is 0 Å². The number of fused-ring (bicyclic) bond motifs is 1. The molecular weight excluding hydrogens is 234 g/mol. The smallest absolute Gasteiger partial charge is 0.0549 e. The summed E-state index contributed by atoms with van der Waals surface area (Å²) in [5.74, 6) is 0.754. The predicted octanol–water partition coefficient (Wildman–Crippen LogP) is 2.35. The number of hydrogen-bond acceptors (Lipinski definition) is 2. The highest BCUT2D eigenvalue weighted by molar-refractivity contribution is 5.41. The molecule has 4 atom stereocenters. The molecule has 1 saturated heterocycles. The molecule has 102 valence electrons. The average Bonchev–Trinajstić information content (AvgIpc) is 2.42. The Morgan fingerprint density at radius 1 is 1.26 bits per heavy atom. The molecule has 1 N–H and O–H groups in total. The van der Waals surface area contributed by atoms with E-state index < -0.39 is 0 Å². The Morgan fingerprint density at radius 3 is 3.00 bits per heavy atom. The lowest BCUT2D eigenvalue weighted by Gasteiger charge is -2.59. The number of piperidine rings is 1. The Hall–Kier alpha value is -0.860. The molecule has 0 aromatic heterocycles. The van der Waals surface area contributed by atoms with Gasteiger partial charge in [0.25, 0.3) is 0 Å². The van der Waals surface area contributed by atoms with E-state index in [9.17, 15) is 5.11 Å². The molecule has 2 nitrogen and oxygen atoms in total. The van der Waals surface area contributed by atoms with Crippen LogP contribution in [-0.4, -0.2) is 35.7 Å². The van der Waals surface area contributed by atoms with Gasteiger partial charge in [-0.15, -0.1) is 0 Å². The van der Waals surface area contributed by atoms with Crippen LogP contribution in [0.15, 0.2) is 24.3 Å². The number of hydrogen-bond donors (Lipinski definition) is 1. The van der Waals surface area contributed by atoms with Crippen molar-refractivity contribution in [3.05, 3.63) is 35.4 Å². The first-order valence-electron chi connectivity index (χ1n) is 7.67. The van der Waals surface area contributed by atoms with E-state index in [-0.39, 0.29) is 11.5 Å². The maximum Gasteiger partial charge on any atom is 0.0549 e. The number of benzene rings is 1. The third kappa shape index (κ3) is 1.56. The lowest BCUT2D eigenvalue weighted by atomic mass is 9.52. The number of aliphatic hydroxyl groups excluding tert-OH is 1. The summed E-state index contributed by atoms with van der Waals surface area (Å²) in [5, 5.41) is 10.2. The van der Waals surface area contributed by atoms with Crippen molar-refractivity contribution in [2.45, 2.75) is 49.7 Å². The van der Waals surface area contributed by atoms with E-state index in [4.69, 9.17) is 0 Å². The van der Waals surface area contributed by atoms with Crippen molar-refractivity contribution in [3.8, 4) is 0 Å². The minimum Gasteiger partial charge on any atom is -0.393 e. The summed E-state index contributed by atoms with van der Waals surface area (Å²) in [7, 11) is 2.29. The van der Waals surface area contributed by atoms with Crippen LogP contribution in [0.2, 0.25) is 0 Å². The largest absolute Gasteiger partial charge is 0.393 e. The molecule has 1 aliphatic heterocycles. The fourth-order valence-corrected chi connectivity index (χ4v) is 5.17. The summed E-state index contributed by atoms with van der Waals surface area (Å²) in [6, 6.07) is 9.69. The molecule has 0 unspecified atom stereocenters. The van der Waals surface area contributed by atoms with Gasteiger partial charge in [-0.25, -0.2) is 0 Å². The molecule has 4 rings (SSSR count). The van der Waals surface area contributed by atoms with Crippen LogP contribution in [0.1, 0.15) is 36.8 Å². The Morgan fingerprint density at radius 2 is 2.11 bits per heavy atom. The first kappa shape index (κ1) is 11.9. The van der Waals surface area contributed by atoms with E-state index in [2.05, 4.69) is 36.2 Å². The molecule has 2 aliphatic carbocycles. The summed E-state index contributed by atoms with van der Waals surface area (Å²) in [5.41, 5.74) is 3.36. The van der Waals surface area contributed by atoms with Gasteiger partial charge in [0.15, 0.2) is 0 Å². The lowest BCUT2D eigenvalue weighted by Crippen LogP contribution is -2.61. The van der Waals surface area contributed by atoms with Crippen LogP contribution in [0.25, 0.3) is 0 Å². The van der Waals surface area contributed by atoms with Crippen molar-refractivity contribution < 1.29 is 5.11 Å². The van der Waals surface area contributed by atoms with Gasteiger partial charge in [0.2, 0.25) is 0 Å². The lowest BCUT2D eigenvalue weighted by molar-refractivity contribution is -0.0392. The number of likely N-dealkylation sites (N-methyl/N-ethyl adjacent to an activating group) is 1. The minimum atomic E-state index is -0.0912. The highest BCUT2D eigenvalue weighted by Crippen LogP contribution is 2.55. The molecule has 19 heavy (non-hydrogen) atoms. The van der Waals surface area contributed by atoms with E-state index in [1.165, 1.54) is 31.4 Å². The highest BCUT2D eigenvalue weighted by atomic mass is 16.3. The summed E-state index contributed by atoms with van der Waals surface area (Å²) < 4.78 is 0. The Balaban J connectivity index is 1.88. The van der Waals surface area contributed by atoms with Crippen LogP contribution in [0, 0.1) is 5.92 Å². The SMILES string of the molecule is CN1CC[C@]23C[C@@H](O)CC[C@H]2[C@H]1Cc1ccccc13. The van der Waals surface area contributed by atoms with Crippen molar-refractivity contribution in [3.63, 3.8) is 0 Å². The summed E-state index contributed by atoms with van der Waals surface area (Å²) in [6.07, 6.45) is 5.52. The molecule has 1 aromatic rings. The van der Waals surface area contributed by atoms with Crippen molar-refractivity contribution in [1.82, 2.24) is 4.90 Å². The zero-order chi connectivity index (χ0) is 13.0. The Labute approximate surface area is 115 Å². The Kier molecular flexibility index (Phi) is 2.55. The van der Waals surface area contributed by atoms with Gasteiger partial charge >= 0.3 is 0 Å². The van der Waals surface area contributed by atoms with E-state index in [1.54, 1.807) is 5.56 Å². The third-order valence-corrected chi connectivity index (χ3v) is 6.04. The fraction of sp³-hybridized carbons (Fsp3) is 0.647. The van der Waals surface area contributed by atoms with Crippen molar-refractivity contribution >= 4 is 0 Å². The number of aliphatic hydroxyl groups is 1. The molecule has 3 aliphatic rings. The van der Waals surface area contributed by atoms with Crippen LogP contribution in [0.4, 0.5) is 0 Å². The van der Waals surface area contributed by atoms with Crippen LogP contribution in [-0.2, 0) is 11.8 Å². The van der Waals surface area contributed by atoms with E-state index in [0.29, 0.717) is 6.04 Å². The molecule has 2 fully saturated rings. The molecule has 1 heterocycles. The fourth-order valence-electron chi connectivity index (χ4n) is 5.17. The van der Waals surface area contributed by atoms with Crippen LogP contribution in [0.5, 0.6) is 0 Å². The molecule has 0 amide bonds. The summed E-state index contributed by atoms with van der Waals surface area (Å²) in [4.78, 5) is 2.57. The Bertz CT molecular complexity index is 500. The number of likely N-dealkylation sites (tertiary alicyclic amines) is 1. The topological polar surface area (TPSA) is 23.5 Å². The molecule has 1 aromatic carbocycles. The maximum absolute atomic E-state index is 10.2. The van der Waals surface area contributed by atoms with Gasteiger partial charge in [-0.1, -0.05) is 24.3 Å². The van der Waals surface area contributed by atoms with Gasteiger partial charge in [-0.2, -0.15) is 0 Å². The molecular formula is C17H23NO. The zero-order valence-corrected chi connectivity index (χ0v) is 11.7. The van der Waals surface area contributed by atoms with Crippen molar-refractivity contribution in [1.29, 1.82) is 0 Å². The number of nitrogens with zero attached hydrogens (tertiary/aromatic N) is 1. The zero-order valence-electron chi connectivity index (χ0n) is 11.7. The predicted molar refractivity (Wildman–Crippen MR) is 76.2 cm³/mol. The minimum absolute atomic E-state index is 0.0912. The normalized spacial score (nSPS) is 41.5. The van der Waals surface area contributed by atoms with Crippen LogP contribution >= 0.6 is 0 Å². The molecule has 0 radical (unpaired) electrons. The van der Waals surface area contributed by atoms with Crippen LogP contribution < -0.4 is 0 Å². The number of rotatable bonds is 0. The van der Waals surface area contributed by atoms with E-state index >= 15 is 0 Å². The van der Waals surface area contributed by atoms with E-state index in [0.717, 1.165) is 18.8 Å². The standard InChI is InChI=1S/C17H23NO/c1-18-9-8-17-11-13(19)6-7-15(17)16(18)10-12-4-2-3-5-14(12)17/h2-5,13,15-16,19H,6-11H2,1H3/t13-,15-,16+,17+/m0/s1. The average molecular weight is 257 g/mol. The van der Waals surface area contributed by atoms with Gasteiger partial charge in [0, 0.05) is 11.5 Å². The third-order valence-electron chi connectivity index (χ3n) is 6.04. The second-order valence-electron chi connectivity index (χ2n) is 6.86. The monoisotopic (exact) mass is 257 g/mol. The van der Waals surface area contributed by atoms with Crippen molar-refractivity contribution in [2.75, 3.05) is 13.6 Å². The first-order valence-corrected chi connectivity index (χ1v) is 7.67. The molecule has 2 bridgehead atoms.